The van der Waals surface area contributed by atoms with Gasteiger partial charge in [0.05, 0.1) is 11.8 Å². The van der Waals surface area contributed by atoms with E-state index in [2.05, 4.69) is 5.32 Å². The molecule has 3 amide bonds. The van der Waals surface area contributed by atoms with Gasteiger partial charge in [0.1, 0.15) is 6.54 Å². The molecule has 0 radical (unpaired) electrons. The van der Waals surface area contributed by atoms with Crippen LogP contribution in [0.4, 0.5) is 5.69 Å². The van der Waals surface area contributed by atoms with Crippen molar-refractivity contribution in [1.29, 1.82) is 0 Å². The molecule has 7 nitrogen and oxygen atoms in total. The summed E-state index contributed by atoms with van der Waals surface area (Å²) in [4.78, 5) is 50.3. The van der Waals surface area contributed by atoms with E-state index < -0.39 is 25.0 Å². The van der Waals surface area contributed by atoms with Crippen molar-refractivity contribution in [3.8, 4) is 0 Å². The van der Waals surface area contributed by atoms with Gasteiger partial charge in [-0.1, -0.05) is 17.7 Å². The van der Waals surface area contributed by atoms with Crippen molar-refractivity contribution in [2.45, 2.75) is 26.2 Å². The Morgan fingerprint density at radius 1 is 1.18 bits per heavy atom. The maximum absolute atomic E-state index is 12.6. The van der Waals surface area contributed by atoms with E-state index in [-0.39, 0.29) is 35.5 Å². The lowest BCUT2D eigenvalue weighted by Gasteiger charge is -2.19. The third-order valence-corrected chi connectivity index (χ3v) is 6.62. The molecular formula is C20H21ClN2O5. The van der Waals surface area contributed by atoms with Crippen LogP contribution in [0.1, 0.15) is 24.8 Å². The number of hydrogen-bond donors (Lipinski definition) is 1. The maximum atomic E-state index is 12.6. The summed E-state index contributed by atoms with van der Waals surface area (Å²) in [5, 5.41) is 3.14. The molecule has 2 bridgehead atoms. The van der Waals surface area contributed by atoms with Gasteiger partial charge >= 0.3 is 5.97 Å². The number of halogens is 1. The van der Waals surface area contributed by atoms with Crippen molar-refractivity contribution in [3.05, 3.63) is 28.8 Å². The lowest BCUT2D eigenvalue weighted by atomic mass is 9.81. The number of anilines is 1. The Bertz CT molecular complexity index is 842. The van der Waals surface area contributed by atoms with Crippen molar-refractivity contribution >= 4 is 41.0 Å². The van der Waals surface area contributed by atoms with E-state index in [0.717, 1.165) is 24.2 Å². The lowest BCUT2D eigenvalue weighted by molar-refractivity contribution is -0.154. The number of amides is 3. The predicted octanol–water partition coefficient (Wildman–Crippen LogP) is 2.16. The van der Waals surface area contributed by atoms with Crippen LogP contribution in [0.15, 0.2) is 18.2 Å². The van der Waals surface area contributed by atoms with Crippen molar-refractivity contribution in [2.75, 3.05) is 18.5 Å². The largest absolute Gasteiger partial charge is 0.454 e. The van der Waals surface area contributed by atoms with Gasteiger partial charge < -0.3 is 10.1 Å². The minimum atomic E-state index is -0.771. The molecule has 4 rings (SSSR count). The molecule has 3 aliphatic rings. The number of nitrogens with zero attached hydrogens (tertiary/aromatic N) is 1. The number of fused-ring (bicyclic) bond motifs is 5. The fourth-order valence-corrected chi connectivity index (χ4v) is 5.05. The Hall–Kier alpha value is -2.41. The van der Waals surface area contributed by atoms with Gasteiger partial charge in [0.25, 0.3) is 5.91 Å². The van der Waals surface area contributed by atoms with Gasteiger partial charge in [0.2, 0.25) is 11.8 Å². The second-order valence-corrected chi connectivity index (χ2v) is 8.18. The number of esters is 1. The number of benzene rings is 1. The van der Waals surface area contributed by atoms with E-state index in [1.807, 2.05) is 0 Å². The van der Waals surface area contributed by atoms with Gasteiger partial charge in [0, 0.05) is 10.7 Å². The van der Waals surface area contributed by atoms with E-state index >= 15 is 0 Å². The highest BCUT2D eigenvalue weighted by molar-refractivity contribution is 6.31. The molecule has 3 fully saturated rings. The number of carbonyl (C=O) groups excluding carboxylic acids is 4. The highest BCUT2D eigenvalue weighted by Crippen LogP contribution is 2.56. The molecule has 0 spiro atoms. The molecular weight excluding hydrogens is 384 g/mol. The Balaban J connectivity index is 1.30. The summed E-state index contributed by atoms with van der Waals surface area (Å²) >= 11 is 6.01. The summed E-state index contributed by atoms with van der Waals surface area (Å²) in [5.41, 5.74) is 1.24. The summed E-state index contributed by atoms with van der Waals surface area (Å²) < 4.78 is 4.97. The third kappa shape index (κ3) is 3.17. The van der Waals surface area contributed by atoms with Crippen LogP contribution in [-0.2, 0) is 23.9 Å². The first-order valence-corrected chi connectivity index (χ1v) is 9.80. The molecule has 1 aromatic carbocycles. The average molecular weight is 405 g/mol. The van der Waals surface area contributed by atoms with Crippen LogP contribution >= 0.6 is 11.6 Å². The van der Waals surface area contributed by atoms with Crippen molar-refractivity contribution in [2.24, 2.45) is 23.7 Å². The highest BCUT2D eigenvalue weighted by Gasteiger charge is 2.61. The van der Waals surface area contributed by atoms with Crippen molar-refractivity contribution in [3.63, 3.8) is 0 Å². The normalized spacial score (nSPS) is 27.9. The van der Waals surface area contributed by atoms with Crippen LogP contribution in [0.5, 0.6) is 0 Å². The van der Waals surface area contributed by atoms with Crippen LogP contribution in [-0.4, -0.2) is 41.7 Å². The molecule has 148 valence electrons. The van der Waals surface area contributed by atoms with Crippen LogP contribution in [0.25, 0.3) is 0 Å². The van der Waals surface area contributed by atoms with Gasteiger partial charge in [0.15, 0.2) is 6.61 Å². The zero-order valence-corrected chi connectivity index (χ0v) is 16.2. The molecule has 1 heterocycles. The van der Waals surface area contributed by atoms with E-state index in [1.54, 1.807) is 25.1 Å². The van der Waals surface area contributed by atoms with E-state index in [9.17, 15) is 19.2 Å². The second kappa shape index (κ2) is 7.20. The van der Waals surface area contributed by atoms with Gasteiger partial charge in [-0.3, -0.25) is 24.1 Å². The Morgan fingerprint density at radius 3 is 2.46 bits per heavy atom. The van der Waals surface area contributed by atoms with Gasteiger partial charge in [-0.15, -0.1) is 0 Å². The lowest BCUT2D eigenvalue weighted by Crippen LogP contribution is -2.38. The Morgan fingerprint density at radius 2 is 1.82 bits per heavy atom. The summed E-state index contributed by atoms with van der Waals surface area (Å²) in [5.74, 6) is -1.84. The number of carbonyl (C=O) groups is 4. The molecule has 2 saturated carbocycles. The standard InChI is InChI=1S/C20H21ClN2O5/c1-10-13(21)3-2-4-14(10)22-15(24)9-28-16(25)8-23-19(26)17-11-5-6-12(7-11)18(17)20(23)27/h2-4,11-12,17-18H,5-9H2,1H3,(H,22,24)/t11-,12-,17-,18+/m1/s1. The highest BCUT2D eigenvalue weighted by atomic mass is 35.5. The first kappa shape index (κ1) is 18.9. The fourth-order valence-electron chi connectivity index (χ4n) is 4.88. The molecule has 8 heteroatoms. The van der Waals surface area contributed by atoms with Gasteiger partial charge in [-0.05, 0) is 55.7 Å². The maximum Gasteiger partial charge on any atom is 0.326 e. The third-order valence-electron chi connectivity index (χ3n) is 6.21. The second-order valence-electron chi connectivity index (χ2n) is 7.77. The van der Waals surface area contributed by atoms with Crippen LogP contribution in [0, 0.1) is 30.6 Å². The molecule has 0 aromatic heterocycles. The molecule has 1 saturated heterocycles. The first-order chi connectivity index (χ1) is 13.4. The molecule has 0 unspecified atom stereocenters. The topological polar surface area (TPSA) is 92.8 Å². The van der Waals surface area contributed by atoms with Crippen LogP contribution in [0.2, 0.25) is 5.02 Å². The van der Waals surface area contributed by atoms with Gasteiger partial charge in [-0.2, -0.15) is 0 Å². The first-order valence-electron chi connectivity index (χ1n) is 9.42. The number of rotatable bonds is 5. The number of nitrogens with one attached hydrogen (secondary N) is 1. The minimum absolute atomic E-state index is 0.263. The molecule has 1 N–H and O–H groups in total. The number of ether oxygens (including phenoxy) is 1. The predicted molar refractivity (Wildman–Crippen MR) is 100 cm³/mol. The molecule has 1 aromatic rings. The molecule has 28 heavy (non-hydrogen) atoms. The minimum Gasteiger partial charge on any atom is -0.454 e. The summed E-state index contributed by atoms with van der Waals surface area (Å²) in [6, 6.07) is 5.10. The van der Waals surface area contributed by atoms with Crippen molar-refractivity contribution < 1.29 is 23.9 Å². The summed E-state index contributed by atoms with van der Waals surface area (Å²) in [7, 11) is 0. The number of likely N-dealkylation sites (tertiary alicyclic amines) is 1. The monoisotopic (exact) mass is 404 g/mol. The molecule has 2 aliphatic carbocycles. The van der Waals surface area contributed by atoms with Crippen LogP contribution in [0.3, 0.4) is 0 Å². The van der Waals surface area contributed by atoms with E-state index in [1.165, 1.54) is 0 Å². The quantitative estimate of drug-likeness (QED) is 0.599. The molecule has 4 atom stereocenters. The number of hydrogen-bond acceptors (Lipinski definition) is 5. The number of imide groups is 1. The Kier molecular flexibility index (Phi) is 4.87. The van der Waals surface area contributed by atoms with Crippen LogP contribution < -0.4 is 5.32 Å². The van der Waals surface area contributed by atoms with E-state index in [0.29, 0.717) is 16.3 Å². The van der Waals surface area contributed by atoms with Gasteiger partial charge in [-0.25, -0.2) is 0 Å². The fraction of sp³-hybridized carbons (Fsp3) is 0.500. The average Bonchev–Trinajstić information content (AvgIpc) is 3.34. The summed E-state index contributed by atoms with van der Waals surface area (Å²) in [6.07, 6.45) is 2.90. The Labute approximate surface area is 167 Å². The molecule has 1 aliphatic heterocycles. The summed E-state index contributed by atoms with van der Waals surface area (Å²) in [6.45, 7) is 0.825. The SMILES string of the molecule is Cc1c(Cl)cccc1NC(=O)COC(=O)CN1C(=O)[C@@H]2[C@@H]3CC[C@H](C3)[C@@H]2C1=O. The zero-order valence-electron chi connectivity index (χ0n) is 15.4. The van der Waals surface area contributed by atoms with E-state index in [4.69, 9.17) is 16.3 Å². The zero-order chi connectivity index (χ0) is 20.0. The van der Waals surface area contributed by atoms with Crippen molar-refractivity contribution in [1.82, 2.24) is 4.90 Å². The smallest absolute Gasteiger partial charge is 0.326 e.